The lowest BCUT2D eigenvalue weighted by molar-refractivity contribution is 0.102. The number of hydrogen-bond donors (Lipinski definition) is 2. The molecular weight excluding hydrogens is 348 g/mol. The van der Waals surface area contributed by atoms with Gasteiger partial charge in [-0.3, -0.25) is 4.79 Å². The average molecular weight is 362 g/mol. The molecule has 2 heterocycles. The van der Waals surface area contributed by atoms with Gasteiger partial charge in [0.2, 0.25) is 5.82 Å². The second-order valence-corrected chi connectivity index (χ2v) is 6.66. The first-order valence-electron chi connectivity index (χ1n) is 7.87. The molecule has 0 aliphatic rings. The molecule has 0 radical (unpaired) electrons. The first-order chi connectivity index (χ1) is 12.7. The third-order valence-corrected chi connectivity index (χ3v) is 4.56. The molecule has 0 saturated heterocycles. The summed E-state index contributed by atoms with van der Waals surface area (Å²) in [5.74, 6) is 0.246. The molecule has 2 N–H and O–H groups in total. The molecule has 4 rings (SSSR count). The molecule has 0 saturated carbocycles. The summed E-state index contributed by atoms with van der Waals surface area (Å²) in [6.45, 7) is 1.98. The van der Waals surface area contributed by atoms with Gasteiger partial charge >= 0.3 is 0 Å². The highest BCUT2D eigenvalue weighted by atomic mass is 32.1. The van der Waals surface area contributed by atoms with Gasteiger partial charge in [0.25, 0.3) is 5.91 Å². The molecule has 2 aromatic carbocycles. The number of aromatic nitrogens is 5. The standard InChI is InChI=1S/C18H14N6OS/c1-11-19-16(10-26-11)12-5-7-15(8-6-12)20-18(25)14-4-2-3-13(9-14)17-21-23-24-22-17/h2-10H,1H3,(H,20,25)(H,21,22,23,24). The minimum atomic E-state index is -0.201. The third kappa shape index (κ3) is 3.35. The molecule has 0 spiro atoms. The molecule has 2 aromatic heterocycles. The largest absolute Gasteiger partial charge is 0.322 e. The predicted octanol–water partition coefficient (Wildman–Crippen LogP) is 3.55. The molecule has 0 aliphatic carbocycles. The second kappa shape index (κ2) is 6.85. The minimum absolute atomic E-state index is 0.201. The van der Waals surface area contributed by atoms with Gasteiger partial charge in [-0.25, -0.2) is 4.98 Å². The van der Waals surface area contributed by atoms with E-state index in [0.717, 1.165) is 27.5 Å². The van der Waals surface area contributed by atoms with E-state index in [9.17, 15) is 4.79 Å². The van der Waals surface area contributed by atoms with Gasteiger partial charge < -0.3 is 5.32 Å². The lowest BCUT2D eigenvalue weighted by atomic mass is 10.1. The topological polar surface area (TPSA) is 96.5 Å². The van der Waals surface area contributed by atoms with E-state index in [0.29, 0.717) is 11.4 Å². The normalized spacial score (nSPS) is 10.7. The van der Waals surface area contributed by atoms with Gasteiger partial charge in [0, 0.05) is 27.8 Å². The first-order valence-corrected chi connectivity index (χ1v) is 8.75. The van der Waals surface area contributed by atoms with Crippen LogP contribution in [0.15, 0.2) is 53.9 Å². The molecule has 7 nitrogen and oxygen atoms in total. The number of thiazole rings is 1. The molecule has 1 amide bonds. The molecule has 0 atom stereocenters. The summed E-state index contributed by atoms with van der Waals surface area (Å²) in [5.41, 5.74) is 3.92. The number of aryl methyl sites for hydroxylation is 1. The fraction of sp³-hybridized carbons (Fsp3) is 0.0556. The molecule has 8 heteroatoms. The van der Waals surface area contributed by atoms with Gasteiger partial charge in [0.05, 0.1) is 10.7 Å². The Balaban J connectivity index is 1.50. The van der Waals surface area contributed by atoms with Crippen molar-refractivity contribution in [3.63, 3.8) is 0 Å². The quantitative estimate of drug-likeness (QED) is 0.579. The number of amides is 1. The number of anilines is 1. The van der Waals surface area contributed by atoms with E-state index in [2.05, 4.69) is 30.9 Å². The zero-order valence-corrected chi connectivity index (χ0v) is 14.6. The van der Waals surface area contributed by atoms with Crippen LogP contribution >= 0.6 is 11.3 Å². The molecule has 0 unspecified atom stereocenters. The number of H-pyrrole nitrogens is 1. The highest BCUT2D eigenvalue weighted by Crippen LogP contribution is 2.23. The number of hydrogen-bond acceptors (Lipinski definition) is 6. The summed E-state index contributed by atoms with van der Waals surface area (Å²) < 4.78 is 0. The summed E-state index contributed by atoms with van der Waals surface area (Å²) in [6.07, 6.45) is 0. The van der Waals surface area contributed by atoms with E-state index in [1.54, 1.807) is 29.5 Å². The molecule has 128 valence electrons. The van der Waals surface area contributed by atoms with Crippen LogP contribution in [0.4, 0.5) is 5.69 Å². The van der Waals surface area contributed by atoms with Crippen molar-refractivity contribution in [3.8, 4) is 22.6 Å². The number of rotatable bonds is 4. The van der Waals surface area contributed by atoms with Crippen LogP contribution < -0.4 is 5.32 Å². The molecule has 0 bridgehead atoms. The Morgan fingerprint density at radius 3 is 2.65 bits per heavy atom. The van der Waals surface area contributed by atoms with Crippen LogP contribution in [0.2, 0.25) is 0 Å². The Morgan fingerprint density at radius 1 is 1.12 bits per heavy atom. The van der Waals surface area contributed by atoms with Crippen LogP contribution in [0.25, 0.3) is 22.6 Å². The lowest BCUT2D eigenvalue weighted by Gasteiger charge is -2.07. The van der Waals surface area contributed by atoms with Crippen LogP contribution in [0.1, 0.15) is 15.4 Å². The predicted molar refractivity (Wildman–Crippen MR) is 99.9 cm³/mol. The average Bonchev–Trinajstić information content (AvgIpc) is 3.34. The number of benzene rings is 2. The number of carbonyl (C=O) groups is 1. The Morgan fingerprint density at radius 2 is 1.96 bits per heavy atom. The second-order valence-electron chi connectivity index (χ2n) is 5.60. The lowest BCUT2D eigenvalue weighted by Crippen LogP contribution is -2.11. The van der Waals surface area contributed by atoms with Crippen LogP contribution in [0, 0.1) is 6.92 Å². The number of nitrogens with zero attached hydrogens (tertiary/aromatic N) is 4. The van der Waals surface area contributed by atoms with E-state index in [1.807, 2.05) is 42.6 Å². The Hall–Kier alpha value is -3.39. The number of carbonyl (C=O) groups excluding carboxylic acids is 1. The summed E-state index contributed by atoms with van der Waals surface area (Å²) in [5, 5.41) is 19.7. The SMILES string of the molecule is Cc1nc(-c2ccc(NC(=O)c3cccc(-c4nn[nH]n4)c3)cc2)cs1. The maximum Gasteiger partial charge on any atom is 0.255 e. The van der Waals surface area contributed by atoms with Crippen molar-refractivity contribution < 1.29 is 4.79 Å². The van der Waals surface area contributed by atoms with Crippen LogP contribution in [0.3, 0.4) is 0 Å². The Kier molecular flexibility index (Phi) is 4.24. The van der Waals surface area contributed by atoms with Crippen LogP contribution in [-0.2, 0) is 0 Å². The van der Waals surface area contributed by atoms with E-state index in [1.165, 1.54) is 0 Å². The minimum Gasteiger partial charge on any atom is -0.322 e. The van der Waals surface area contributed by atoms with Gasteiger partial charge in [0.1, 0.15) is 0 Å². The van der Waals surface area contributed by atoms with Crippen molar-refractivity contribution in [2.45, 2.75) is 6.92 Å². The zero-order chi connectivity index (χ0) is 17.9. The van der Waals surface area contributed by atoms with Crippen molar-refractivity contribution in [3.05, 3.63) is 64.5 Å². The third-order valence-electron chi connectivity index (χ3n) is 3.79. The molecule has 4 aromatic rings. The Bertz CT molecular complexity index is 1040. The van der Waals surface area contributed by atoms with Crippen molar-refractivity contribution in [2.24, 2.45) is 0 Å². The van der Waals surface area contributed by atoms with Crippen molar-refractivity contribution in [1.82, 2.24) is 25.6 Å². The molecule has 0 fully saturated rings. The number of tetrazole rings is 1. The van der Waals surface area contributed by atoms with E-state index in [-0.39, 0.29) is 5.91 Å². The highest BCUT2D eigenvalue weighted by Gasteiger charge is 2.10. The van der Waals surface area contributed by atoms with Gasteiger partial charge in [0.15, 0.2) is 0 Å². The van der Waals surface area contributed by atoms with Gasteiger partial charge in [-0.2, -0.15) is 5.21 Å². The number of nitrogens with one attached hydrogen (secondary N) is 2. The smallest absolute Gasteiger partial charge is 0.255 e. The van der Waals surface area contributed by atoms with Crippen molar-refractivity contribution >= 4 is 22.9 Å². The summed E-state index contributed by atoms with van der Waals surface area (Å²) >= 11 is 1.61. The molecule has 26 heavy (non-hydrogen) atoms. The maximum absolute atomic E-state index is 12.5. The maximum atomic E-state index is 12.5. The van der Waals surface area contributed by atoms with Gasteiger partial charge in [-0.1, -0.05) is 24.3 Å². The number of aromatic amines is 1. The van der Waals surface area contributed by atoms with Crippen molar-refractivity contribution in [2.75, 3.05) is 5.32 Å². The van der Waals surface area contributed by atoms with Crippen LogP contribution in [-0.4, -0.2) is 31.5 Å². The van der Waals surface area contributed by atoms with E-state index in [4.69, 9.17) is 0 Å². The summed E-state index contributed by atoms with van der Waals surface area (Å²) in [7, 11) is 0. The fourth-order valence-corrected chi connectivity index (χ4v) is 3.13. The molecular formula is C18H14N6OS. The zero-order valence-electron chi connectivity index (χ0n) is 13.8. The first kappa shape index (κ1) is 16.1. The van der Waals surface area contributed by atoms with Crippen molar-refractivity contribution in [1.29, 1.82) is 0 Å². The Labute approximate surface area is 153 Å². The van der Waals surface area contributed by atoms with E-state index >= 15 is 0 Å². The van der Waals surface area contributed by atoms with Gasteiger partial charge in [-0.05, 0) is 36.4 Å². The van der Waals surface area contributed by atoms with Gasteiger partial charge in [-0.15, -0.1) is 21.5 Å². The summed E-state index contributed by atoms with van der Waals surface area (Å²) in [4.78, 5) is 17.0. The molecule has 0 aliphatic heterocycles. The monoisotopic (exact) mass is 362 g/mol. The van der Waals surface area contributed by atoms with Crippen LogP contribution in [0.5, 0.6) is 0 Å². The highest BCUT2D eigenvalue weighted by molar-refractivity contribution is 7.09. The van der Waals surface area contributed by atoms with E-state index < -0.39 is 0 Å². The fourth-order valence-electron chi connectivity index (χ4n) is 2.51. The summed E-state index contributed by atoms with van der Waals surface area (Å²) in [6, 6.07) is 14.7.